The number of hydrogen-bond donors (Lipinski definition) is 2. The number of esters is 1. The van der Waals surface area contributed by atoms with Crippen molar-refractivity contribution in [3.63, 3.8) is 0 Å². The molecule has 1 fully saturated rings. The highest BCUT2D eigenvalue weighted by Crippen LogP contribution is 2.34. The van der Waals surface area contributed by atoms with Crippen LogP contribution in [0.4, 0.5) is 11.4 Å². The van der Waals surface area contributed by atoms with Crippen molar-refractivity contribution in [1.29, 1.82) is 0 Å². The van der Waals surface area contributed by atoms with Crippen molar-refractivity contribution in [3.05, 3.63) is 66.2 Å². The number of carbonyl (C=O) groups is 5. The first-order valence-corrected chi connectivity index (χ1v) is 10.8. The first-order valence-electron chi connectivity index (χ1n) is 9.91. The zero-order valence-electron chi connectivity index (χ0n) is 17.5. The number of nitrogens with zero attached hydrogens (tertiary/aromatic N) is 1. The van der Waals surface area contributed by atoms with E-state index in [1.54, 1.807) is 31.2 Å². The van der Waals surface area contributed by atoms with Crippen molar-refractivity contribution >= 4 is 52.8 Å². The van der Waals surface area contributed by atoms with Crippen LogP contribution in [0.1, 0.15) is 23.7 Å². The number of hydrogen-bond acceptors (Lipinski definition) is 7. The molecule has 2 aromatic carbocycles. The maximum Gasteiger partial charge on any atom is 0.338 e. The Kier molecular flexibility index (Phi) is 7.62. The van der Waals surface area contributed by atoms with Crippen LogP contribution in [0.15, 0.2) is 65.6 Å². The highest BCUT2D eigenvalue weighted by atomic mass is 32.2. The molecule has 0 bridgehead atoms. The van der Waals surface area contributed by atoms with Crippen molar-refractivity contribution in [1.82, 2.24) is 0 Å². The number of rotatable bonds is 8. The van der Waals surface area contributed by atoms with Crippen LogP contribution in [0.2, 0.25) is 0 Å². The number of anilines is 2. The summed E-state index contributed by atoms with van der Waals surface area (Å²) in [6.07, 6.45) is 1.67. The average Bonchev–Trinajstić information content (AvgIpc) is 3.06. The number of carbonyl (C=O) groups excluding carboxylic acids is 4. The van der Waals surface area contributed by atoms with Crippen LogP contribution in [0.25, 0.3) is 0 Å². The quantitative estimate of drug-likeness (QED) is 0.344. The molecular formula is C23H20N2O7S. The van der Waals surface area contributed by atoms with E-state index in [2.05, 4.69) is 5.32 Å². The first kappa shape index (κ1) is 23.7. The Labute approximate surface area is 193 Å². The van der Waals surface area contributed by atoms with Gasteiger partial charge in [-0.25, -0.2) is 14.5 Å². The van der Waals surface area contributed by atoms with Gasteiger partial charge in [0.2, 0.25) is 17.7 Å². The maximum atomic E-state index is 12.9. The highest BCUT2D eigenvalue weighted by Gasteiger charge is 2.40. The van der Waals surface area contributed by atoms with Crippen LogP contribution in [0.5, 0.6) is 0 Å². The summed E-state index contributed by atoms with van der Waals surface area (Å²) in [5, 5.41) is 10.5. The summed E-state index contributed by atoms with van der Waals surface area (Å²) < 4.78 is 4.93. The highest BCUT2D eigenvalue weighted by molar-refractivity contribution is 8.00. The van der Waals surface area contributed by atoms with Crippen molar-refractivity contribution in [3.8, 4) is 0 Å². The molecule has 0 unspecified atom stereocenters. The molecule has 0 spiro atoms. The lowest BCUT2D eigenvalue weighted by molar-refractivity contribution is -0.131. The number of benzene rings is 2. The molecule has 170 valence electrons. The van der Waals surface area contributed by atoms with Gasteiger partial charge in [0.15, 0.2) is 0 Å². The van der Waals surface area contributed by atoms with E-state index in [4.69, 9.17) is 9.84 Å². The number of ether oxygens (including phenoxy) is 1. The molecule has 0 aliphatic carbocycles. The predicted octanol–water partition coefficient (Wildman–Crippen LogP) is 2.87. The lowest BCUT2D eigenvalue weighted by atomic mass is 10.2. The largest absolute Gasteiger partial charge is 0.478 e. The number of carboxylic acids is 1. The number of thioether (sulfide) groups is 1. The zero-order chi connectivity index (χ0) is 24.0. The van der Waals surface area contributed by atoms with Gasteiger partial charge >= 0.3 is 11.9 Å². The van der Waals surface area contributed by atoms with Gasteiger partial charge in [-0.2, -0.15) is 0 Å². The second kappa shape index (κ2) is 10.6. The lowest BCUT2D eigenvalue weighted by Gasteiger charge is -2.15. The van der Waals surface area contributed by atoms with E-state index >= 15 is 0 Å². The Hall–Kier alpha value is -3.92. The van der Waals surface area contributed by atoms with Gasteiger partial charge in [-0.05, 0) is 55.5 Å². The Balaban J connectivity index is 1.63. The normalized spacial score (nSPS) is 15.7. The van der Waals surface area contributed by atoms with Crippen molar-refractivity contribution in [2.75, 3.05) is 16.8 Å². The Morgan fingerprint density at radius 1 is 1.09 bits per heavy atom. The topological polar surface area (TPSA) is 130 Å². The van der Waals surface area contributed by atoms with Crippen LogP contribution in [0.3, 0.4) is 0 Å². The summed E-state index contributed by atoms with van der Waals surface area (Å²) in [6.45, 7) is 1.95. The van der Waals surface area contributed by atoms with E-state index in [1.807, 2.05) is 0 Å². The van der Waals surface area contributed by atoms with E-state index in [-0.39, 0.29) is 24.8 Å². The molecule has 1 saturated heterocycles. The monoisotopic (exact) mass is 468 g/mol. The average molecular weight is 468 g/mol. The molecule has 1 heterocycles. The van der Waals surface area contributed by atoms with Gasteiger partial charge in [0.1, 0.15) is 0 Å². The molecule has 0 radical (unpaired) electrons. The molecule has 33 heavy (non-hydrogen) atoms. The summed E-state index contributed by atoms with van der Waals surface area (Å²) in [5.74, 6) is -2.98. The fourth-order valence-corrected chi connectivity index (χ4v) is 4.09. The SMILES string of the molecule is CCOC(=O)c1ccc(N2C(=O)C[C@H](Sc3ccc(NC(=O)/C=C/C(=O)O)cc3)C2=O)cc1. The van der Waals surface area contributed by atoms with Gasteiger partial charge in [-0.3, -0.25) is 14.4 Å². The van der Waals surface area contributed by atoms with Gasteiger partial charge in [-0.1, -0.05) is 0 Å². The third-order valence-corrected chi connectivity index (χ3v) is 5.72. The van der Waals surface area contributed by atoms with Crippen molar-refractivity contribution in [2.45, 2.75) is 23.5 Å². The van der Waals surface area contributed by atoms with E-state index in [9.17, 15) is 24.0 Å². The maximum absolute atomic E-state index is 12.9. The molecule has 0 saturated carbocycles. The third kappa shape index (κ3) is 6.07. The lowest BCUT2D eigenvalue weighted by Crippen LogP contribution is -2.31. The van der Waals surface area contributed by atoms with Crippen LogP contribution in [0, 0.1) is 0 Å². The van der Waals surface area contributed by atoms with Crippen LogP contribution in [-0.4, -0.2) is 46.6 Å². The van der Waals surface area contributed by atoms with Gasteiger partial charge in [-0.15, -0.1) is 11.8 Å². The molecule has 1 atom stereocenters. The standard InChI is InChI=1S/C23H20N2O7S/c1-2-32-23(31)14-3-7-16(8-4-14)25-20(27)13-18(22(25)30)33-17-9-5-15(6-10-17)24-19(26)11-12-21(28)29/h3-12,18H,2,13H2,1H3,(H,24,26)(H,28,29)/b12-11+/t18-/m0/s1. The second-order valence-corrected chi connectivity index (χ2v) is 8.11. The zero-order valence-corrected chi connectivity index (χ0v) is 18.3. The number of nitrogens with one attached hydrogen (secondary N) is 1. The van der Waals surface area contributed by atoms with E-state index in [0.717, 1.165) is 21.9 Å². The summed E-state index contributed by atoms with van der Waals surface area (Å²) in [7, 11) is 0. The smallest absolute Gasteiger partial charge is 0.338 e. The van der Waals surface area contributed by atoms with Gasteiger partial charge in [0, 0.05) is 29.2 Å². The molecule has 1 aliphatic rings. The summed E-state index contributed by atoms with van der Waals surface area (Å²) in [4.78, 5) is 61.1. The van der Waals surface area contributed by atoms with E-state index in [1.165, 1.54) is 36.0 Å². The van der Waals surface area contributed by atoms with Crippen molar-refractivity contribution < 1.29 is 33.8 Å². The molecular weight excluding hydrogens is 448 g/mol. The molecule has 10 heteroatoms. The summed E-state index contributed by atoms with van der Waals surface area (Å²) >= 11 is 1.23. The summed E-state index contributed by atoms with van der Waals surface area (Å²) in [5.41, 5.74) is 1.17. The third-order valence-electron chi connectivity index (χ3n) is 4.52. The molecule has 3 rings (SSSR count). The molecule has 1 aliphatic heterocycles. The fourth-order valence-electron chi connectivity index (χ4n) is 3.04. The fraction of sp³-hybridized carbons (Fsp3) is 0.174. The van der Waals surface area contributed by atoms with Gasteiger partial charge in [0.25, 0.3) is 0 Å². The number of imide groups is 1. The summed E-state index contributed by atoms with van der Waals surface area (Å²) in [6, 6.07) is 12.7. The second-order valence-electron chi connectivity index (χ2n) is 6.83. The Morgan fingerprint density at radius 2 is 1.76 bits per heavy atom. The van der Waals surface area contributed by atoms with Crippen LogP contribution in [-0.2, 0) is 23.9 Å². The Bertz CT molecular complexity index is 1110. The minimum Gasteiger partial charge on any atom is -0.478 e. The number of aliphatic carboxylic acids is 1. The Morgan fingerprint density at radius 3 is 2.36 bits per heavy atom. The molecule has 0 aromatic heterocycles. The molecule has 3 amide bonds. The molecule has 9 nitrogen and oxygen atoms in total. The molecule has 2 N–H and O–H groups in total. The number of amides is 3. The van der Waals surface area contributed by atoms with Gasteiger partial charge in [0.05, 0.1) is 23.1 Å². The first-order chi connectivity index (χ1) is 15.8. The van der Waals surface area contributed by atoms with Crippen LogP contribution >= 0.6 is 11.8 Å². The van der Waals surface area contributed by atoms with Crippen LogP contribution < -0.4 is 10.2 Å². The minimum atomic E-state index is -1.23. The van der Waals surface area contributed by atoms with Gasteiger partial charge < -0.3 is 15.2 Å². The predicted molar refractivity (Wildman–Crippen MR) is 121 cm³/mol. The minimum absolute atomic E-state index is 0.0294. The molecule has 2 aromatic rings. The van der Waals surface area contributed by atoms with Crippen molar-refractivity contribution in [2.24, 2.45) is 0 Å². The number of carboxylic acid groups (broad SMARTS) is 1. The van der Waals surface area contributed by atoms with E-state index < -0.39 is 23.1 Å². The van der Waals surface area contributed by atoms with E-state index in [0.29, 0.717) is 16.9 Å².